The smallest absolute Gasteiger partial charge is 0.254 e. The lowest BCUT2D eigenvalue weighted by atomic mass is 10.1. The van der Waals surface area contributed by atoms with Gasteiger partial charge >= 0.3 is 0 Å². The molecule has 1 amide bonds. The lowest BCUT2D eigenvalue weighted by Gasteiger charge is -2.22. The zero-order chi connectivity index (χ0) is 13.5. The molecule has 0 spiro atoms. The number of nitrogen functional groups attached to an aromatic ring is 1. The number of hydrogen-bond acceptors (Lipinski definition) is 5. The summed E-state index contributed by atoms with van der Waals surface area (Å²) in [6, 6.07) is 5.33. The van der Waals surface area contributed by atoms with Crippen LogP contribution in [0.5, 0.6) is 0 Å². The standard InChI is InChI=1S/C12H17N5O/c1-3-17(8-9(2)7-13)12(18)10-4-5-15-11(6-10)16-14/h4-6,9H,3,8,14H2,1-2H3,(H,15,16). The fourth-order valence-electron chi connectivity index (χ4n) is 1.55. The number of pyridine rings is 1. The monoisotopic (exact) mass is 247 g/mol. The Morgan fingerprint density at radius 3 is 3.00 bits per heavy atom. The molecule has 0 saturated heterocycles. The predicted octanol–water partition coefficient (Wildman–Crippen LogP) is 0.989. The molecule has 6 nitrogen and oxygen atoms in total. The van der Waals surface area contributed by atoms with Crippen LogP contribution in [-0.2, 0) is 0 Å². The van der Waals surface area contributed by atoms with Crippen LogP contribution in [-0.4, -0.2) is 28.9 Å². The number of hydrazine groups is 1. The number of amides is 1. The highest BCUT2D eigenvalue weighted by atomic mass is 16.2. The average molecular weight is 247 g/mol. The third-order valence-corrected chi connectivity index (χ3v) is 2.54. The number of aromatic nitrogens is 1. The van der Waals surface area contributed by atoms with E-state index >= 15 is 0 Å². The van der Waals surface area contributed by atoms with E-state index in [0.717, 1.165) is 0 Å². The van der Waals surface area contributed by atoms with Gasteiger partial charge in [0.05, 0.1) is 12.0 Å². The molecule has 0 aromatic carbocycles. The molecule has 0 aliphatic carbocycles. The first kappa shape index (κ1) is 13.9. The molecule has 0 fully saturated rings. The van der Waals surface area contributed by atoms with Crippen LogP contribution >= 0.6 is 0 Å². The van der Waals surface area contributed by atoms with Crippen LogP contribution in [0.15, 0.2) is 18.3 Å². The summed E-state index contributed by atoms with van der Waals surface area (Å²) in [6.07, 6.45) is 1.52. The van der Waals surface area contributed by atoms with Gasteiger partial charge < -0.3 is 10.3 Å². The molecule has 0 radical (unpaired) electrons. The molecular formula is C12H17N5O. The van der Waals surface area contributed by atoms with Gasteiger partial charge in [-0.25, -0.2) is 10.8 Å². The highest BCUT2D eigenvalue weighted by molar-refractivity contribution is 5.94. The third kappa shape index (κ3) is 3.43. The van der Waals surface area contributed by atoms with Crippen molar-refractivity contribution in [3.8, 4) is 6.07 Å². The molecule has 1 aromatic rings. The topological polar surface area (TPSA) is 95.0 Å². The summed E-state index contributed by atoms with van der Waals surface area (Å²) in [6.45, 7) is 4.64. The normalized spacial score (nSPS) is 11.4. The van der Waals surface area contributed by atoms with Crippen molar-refractivity contribution < 1.29 is 4.79 Å². The van der Waals surface area contributed by atoms with E-state index in [4.69, 9.17) is 11.1 Å². The molecule has 6 heteroatoms. The number of hydrogen-bond donors (Lipinski definition) is 2. The number of anilines is 1. The Hall–Kier alpha value is -2.13. The molecule has 3 N–H and O–H groups in total. The Bertz CT molecular complexity index is 454. The van der Waals surface area contributed by atoms with Crippen molar-refractivity contribution in [2.45, 2.75) is 13.8 Å². The minimum Gasteiger partial charge on any atom is -0.338 e. The van der Waals surface area contributed by atoms with Crippen molar-refractivity contribution in [3.05, 3.63) is 23.9 Å². The van der Waals surface area contributed by atoms with Gasteiger partial charge in [0.1, 0.15) is 5.82 Å². The minimum absolute atomic E-state index is 0.126. The first-order valence-corrected chi connectivity index (χ1v) is 5.74. The molecule has 0 saturated carbocycles. The Labute approximate surface area is 106 Å². The van der Waals surface area contributed by atoms with E-state index in [0.29, 0.717) is 24.5 Å². The van der Waals surface area contributed by atoms with Crippen LogP contribution in [0.3, 0.4) is 0 Å². The maximum atomic E-state index is 12.2. The first-order chi connectivity index (χ1) is 8.62. The Balaban J connectivity index is 2.86. The Kier molecular flexibility index (Phi) is 5.08. The Morgan fingerprint density at radius 2 is 2.44 bits per heavy atom. The van der Waals surface area contributed by atoms with E-state index in [1.165, 1.54) is 6.20 Å². The number of carbonyl (C=O) groups is 1. The summed E-state index contributed by atoms with van der Waals surface area (Å²) in [5.41, 5.74) is 2.90. The van der Waals surface area contributed by atoms with Gasteiger partial charge in [-0.05, 0) is 26.0 Å². The quantitative estimate of drug-likeness (QED) is 0.597. The second kappa shape index (κ2) is 6.57. The van der Waals surface area contributed by atoms with Crippen molar-refractivity contribution in [2.24, 2.45) is 11.8 Å². The van der Waals surface area contributed by atoms with E-state index in [2.05, 4.69) is 16.5 Å². The number of rotatable bonds is 5. The van der Waals surface area contributed by atoms with Crippen LogP contribution in [0.25, 0.3) is 0 Å². The highest BCUT2D eigenvalue weighted by Crippen LogP contribution is 2.10. The molecule has 0 aliphatic heterocycles. The van der Waals surface area contributed by atoms with Gasteiger partial charge in [-0.15, -0.1) is 0 Å². The largest absolute Gasteiger partial charge is 0.338 e. The SMILES string of the molecule is CCN(CC(C)C#N)C(=O)c1ccnc(NN)c1. The second-order valence-corrected chi connectivity index (χ2v) is 3.95. The zero-order valence-corrected chi connectivity index (χ0v) is 10.6. The maximum absolute atomic E-state index is 12.2. The summed E-state index contributed by atoms with van der Waals surface area (Å²) in [5.74, 6) is 5.37. The van der Waals surface area contributed by atoms with Crippen molar-refractivity contribution >= 4 is 11.7 Å². The van der Waals surface area contributed by atoms with Gasteiger partial charge in [0.15, 0.2) is 0 Å². The molecular weight excluding hydrogens is 230 g/mol. The van der Waals surface area contributed by atoms with Crippen LogP contribution in [0.1, 0.15) is 24.2 Å². The maximum Gasteiger partial charge on any atom is 0.254 e. The van der Waals surface area contributed by atoms with Crippen LogP contribution < -0.4 is 11.3 Å². The fourth-order valence-corrected chi connectivity index (χ4v) is 1.55. The molecule has 1 heterocycles. The summed E-state index contributed by atoms with van der Waals surface area (Å²) in [4.78, 5) is 17.8. The lowest BCUT2D eigenvalue weighted by molar-refractivity contribution is 0.0752. The molecule has 18 heavy (non-hydrogen) atoms. The zero-order valence-electron chi connectivity index (χ0n) is 10.6. The molecule has 0 aliphatic rings. The van der Waals surface area contributed by atoms with Crippen LogP contribution in [0.4, 0.5) is 5.82 Å². The van der Waals surface area contributed by atoms with Crippen molar-refractivity contribution in [1.29, 1.82) is 5.26 Å². The van der Waals surface area contributed by atoms with Gasteiger partial charge in [0.25, 0.3) is 5.91 Å². The minimum atomic E-state index is -0.192. The van der Waals surface area contributed by atoms with E-state index < -0.39 is 0 Å². The third-order valence-electron chi connectivity index (χ3n) is 2.54. The number of carbonyl (C=O) groups excluding carboxylic acids is 1. The lowest BCUT2D eigenvalue weighted by Crippen LogP contribution is -2.34. The van der Waals surface area contributed by atoms with Crippen LogP contribution in [0.2, 0.25) is 0 Å². The second-order valence-electron chi connectivity index (χ2n) is 3.95. The number of nitriles is 1. The van der Waals surface area contributed by atoms with Crippen molar-refractivity contribution in [1.82, 2.24) is 9.88 Å². The summed E-state index contributed by atoms with van der Waals surface area (Å²) in [5, 5.41) is 8.79. The molecule has 1 atom stereocenters. The van der Waals surface area contributed by atoms with Gasteiger partial charge in [-0.3, -0.25) is 4.79 Å². The molecule has 1 aromatic heterocycles. The van der Waals surface area contributed by atoms with E-state index in [9.17, 15) is 4.79 Å². The molecule has 96 valence electrons. The van der Waals surface area contributed by atoms with E-state index in [1.54, 1.807) is 24.0 Å². The molecule has 1 unspecified atom stereocenters. The number of nitrogens with zero attached hydrogens (tertiary/aromatic N) is 3. The first-order valence-electron chi connectivity index (χ1n) is 5.74. The summed E-state index contributed by atoms with van der Waals surface area (Å²) >= 11 is 0. The fraction of sp³-hybridized carbons (Fsp3) is 0.417. The number of nitrogens with two attached hydrogens (primary N) is 1. The van der Waals surface area contributed by atoms with E-state index in [1.807, 2.05) is 6.92 Å². The van der Waals surface area contributed by atoms with E-state index in [-0.39, 0.29) is 11.8 Å². The number of nitrogens with one attached hydrogen (secondary N) is 1. The van der Waals surface area contributed by atoms with Gasteiger partial charge in [0.2, 0.25) is 0 Å². The van der Waals surface area contributed by atoms with Gasteiger partial charge in [-0.1, -0.05) is 0 Å². The highest BCUT2D eigenvalue weighted by Gasteiger charge is 2.16. The Morgan fingerprint density at radius 1 is 1.72 bits per heavy atom. The van der Waals surface area contributed by atoms with Crippen molar-refractivity contribution in [2.75, 3.05) is 18.5 Å². The van der Waals surface area contributed by atoms with Gasteiger partial charge in [0, 0.05) is 24.8 Å². The van der Waals surface area contributed by atoms with Crippen LogP contribution in [0, 0.1) is 17.2 Å². The predicted molar refractivity (Wildman–Crippen MR) is 68.4 cm³/mol. The molecule has 0 bridgehead atoms. The average Bonchev–Trinajstić information content (AvgIpc) is 2.43. The van der Waals surface area contributed by atoms with Gasteiger partial charge in [-0.2, -0.15) is 5.26 Å². The summed E-state index contributed by atoms with van der Waals surface area (Å²) < 4.78 is 0. The summed E-state index contributed by atoms with van der Waals surface area (Å²) in [7, 11) is 0. The van der Waals surface area contributed by atoms with Crippen molar-refractivity contribution in [3.63, 3.8) is 0 Å². The molecule has 1 rings (SSSR count).